The Bertz CT molecular complexity index is 627. The summed E-state index contributed by atoms with van der Waals surface area (Å²) in [6.45, 7) is 6.14. The van der Waals surface area contributed by atoms with Crippen molar-refractivity contribution in [2.24, 2.45) is 5.92 Å². The Balaban J connectivity index is 2.49. The van der Waals surface area contributed by atoms with Gasteiger partial charge in [0.15, 0.2) is 0 Å². The van der Waals surface area contributed by atoms with Crippen LogP contribution >= 0.6 is 12.2 Å². The highest BCUT2D eigenvalue weighted by Crippen LogP contribution is 2.19. The van der Waals surface area contributed by atoms with Crippen LogP contribution in [0.1, 0.15) is 25.1 Å². The van der Waals surface area contributed by atoms with Gasteiger partial charge in [-0.2, -0.15) is 0 Å². The molecule has 100 valence electrons. The molecule has 2 nitrogen and oxygen atoms in total. The summed E-state index contributed by atoms with van der Waals surface area (Å²) in [6.07, 6.45) is 0.896. The summed E-state index contributed by atoms with van der Waals surface area (Å²) in [6, 6.07) is 6.73. The van der Waals surface area contributed by atoms with Crippen LogP contribution in [-0.2, 0) is 6.42 Å². The third-order valence-electron chi connectivity index (χ3n) is 2.74. The molecule has 0 atom stereocenters. The first-order chi connectivity index (χ1) is 8.94. The van der Waals surface area contributed by atoms with Crippen LogP contribution < -0.4 is 0 Å². The Morgan fingerprint density at radius 1 is 1.26 bits per heavy atom. The zero-order valence-electron chi connectivity index (χ0n) is 11.3. The van der Waals surface area contributed by atoms with E-state index in [1.807, 2.05) is 19.1 Å². The molecule has 0 saturated carbocycles. The van der Waals surface area contributed by atoms with Crippen LogP contribution in [0.3, 0.4) is 0 Å². The molecule has 0 aliphatic rings. The van der Waals surface area contributed by atoms with Gasteiger partial charge in [0.25, 0.3) is 0 Å². The molecule has 0 saturated heterocycles. The number of halogens is 1. The van der Waals surface area contributed by atoms with Gasteiger partial charge in [0.2, 0.25) is 0 Å². The quantitative estimate of drug-likeness (QED) is 0.839. The van der Waals surface area contributed by atoms with Crippen molar-refractivity contribution in [2.75, 3.05) is 0 Å². The lowest BCUT2D eigenvalue weighted by Gasteiger charge is -2.09. The second-order valence-electron chi connectivity index (χ2n) is 5.21. The maximum absolute atomic E-state index is 13.5. The van der Waals surface area contributed by atoms with Crippen molar-refractivity contribution in [1.29, 1.82) is 0 Å². The molecule has 19 heavy (non-hydrogen) atoms. The predicted molar refractivity (Wildman–Crippen MR) is 78.1 cm³/mol. The van der Waals surface area contributed by atoms with Gasteiger partial charge < -0.3 is 4.98 Å². The lowest BCUT2D eigenvalue weighted by atomic mass is 10.1. The Kier molecular flexibility index (Phi) is 4.10. The summed E-state index contributed by atoms with van der Waals surface area (Å²) in [4.78, 5) is 7.53. The number of benzene rings is 1. The number of H-pyrrole nitrogens is 1. The molecule has 0 aliphatic carbocycles. The molecule has 0 spiro atoms. The molecule has 0 fully saturated rings. The maximum atomic E-state index is 13.5. The standard InChI is InChI=1S/C15H17FN2S/c1-9(2)4-13-8-14(19)18-15(17-13)11-5-10(3)6-12(16)7-11/h5-9H,4H2,1-3H3,(H,17,18,19). The summed E-state index contributed by atoms with van der Waals surface area (Å²) < 4.78 is 14.0. The average Bonchev–Trinajstić information content (AvgIpc) is 2.25. The zero-order chi connectivity index (χ0) is 14.0. The molecule has 0 aliphatic heterocycles. The average molecular weight is 276 g/mol. The van der Waals surface area contributed by atoms with Gasteiger partial charge in [0.1, 0.15) is 16.3 Å². The van der Waals surface area contributed by atoms with E-state index in [4.69, 9.17) is 12.2 Å². The van der Waals surface area contributed by atoms with Gasteiger partial charge in [0.05, 0.1) is 0 Å². The number of aromatic amines is 1. The van der Waals surface area contributed by atoms with Crippen molar-refractivity contribution in [3.63, 3.8) is 0 Å². The minimum absolute atomic E-state index is 0.259. The third kappa shape index (κ3) is 3.70. The SMILES string of the molecule is Cc1cc(F)cc(-c2nc(=S)cc(CC(C)C)[nH]2)c1. The number of nitrogens with one attached hydrogen (secondary N) is 1. The topological polar surface area (TPSA) is 28.7 Å². The fourth-order valence-corrected chi connectivity index (χ4v) is 2.30. The van der Waals surface area contributed by atoms with Crippen molar-refractivity contribution < 1.29 is 4.39 Å². The van der Waals surface area contributed by atoms with Crippen molar-refractivity contribution >= 4 is 12.2 Å². The first kappa shape index (κ1) is 13.9. The van der Waals surface area contributed by atoms with E-state index in [0.29, 0.717) is 16.4 Å². The number of rotatable bonds is 3. The van der Waals surface area contributed by atoms with Crippen molar-refractivity contribution in [3.05, 3.63) is 46.0 Å². The van der Waals surface area contributed by atoms with Gasteiger partial charge in [-0.25, -0.2) is 9.37 Å². The molecule has 0 amide bonds. The van der Waals surface area contributed by atoms with Crippen LogP contribution in [0.5, 0.6) is 0 Å². The summed E-state index contributed by atoms with van der Waals surface area (Å²) in [5.41, 5.74) is 2.63. The van der Waals surface area contributed by atoms with Gasteiger partial charge in [-0.15, -0.1) is 0 Å². The van der Waals surface area contributed by atoms with Gasteiger partial charge in [-0.1, -0.05) is 26.1 Å². The fraction of sp³-hybridized carbons (Fsp3) is 0.333. The highest BCUT2D eigenvalue weighted by molar-refractivity contribution is 7.71. The first-order valence-corrected chi connectivity index (χ1v) is 6.72. The van der Waals surface area contributed by atoms with Crippen LogP contribution in [0.2, 0.25) is 0 Å². The molecule has 1 heterocycles. The first-order valence-electron chi connectivity index (χ1n) is 6.32. The Morgan fingerprint density at radius 2 is 2.00 bits per heavy atom. The predicted octanol–water partition coefficient (Wildman–Crippen LogP) is 4.45. The molecular weight excluding hydrogens is 259 g/mol. The lowest BCUT2D eigenvalue weighted by Crippen LogP contribution is -2.01. The van der Waals surface area contributed by atoms with Crippen molar-refractivity contribution in [2.45, 2.75) is 27.2 Å². The molecule has 0 unspecified atom stereocenters. The fourth-order valence-electron chi connectivity index (χ4n) is 2.07. The number of aryl methyl sites for hydroxylation is 1. The number of nitrogens with zero attached hydrogens (tertiary/aromatic N) is 1. The molecule has 0 radical (unpaired) electrons. The minimum Gasteiger partial charge on any atom is -0.343 e. The highest BCUT2D eigenvalue weighted by Gasteiger charge is 2.06. The third-order valence-corrected chi connectivity index (χ3v) is 2.95. The molecule has 1 N–H and O–H groups in total. The normalized spacial score (nSPS) is 11.0. The Labute approximate surface area is 117 Å². The van der Waals surface area contributed by atoms with E-state index in [1.54, 1.807) is 0 Å². The second kappa shape index (κ2) is 5.61. The molecule has 1 aromatic carbocycles. The van der Waals surface area contributed by atoms with Crippen LogP contribution in [-0.4, -0.2) is 9.97 Å². The van der Waals surface area contributed by atoms with E-state index in [9.17, 15) is 4.39 Å². The number of hydrogen-bond acceptors (Lipinski definition) is 2. The van der Waals surface area contributed by atoms with E-state index >= 15 is 0 Å². The van der Waals surface area contributed by atoms with E-state index in [0.717, 1.165) is 23.2 Å². The largest absolute Gasteiger partial charge is 0.343 e. The summed E-state index contributed by atoms with van der Waals surface area (Å²) >= 11 is 5.18. The van der Waals surface area contributed by atoms with E-state index < -0.39 is 0 Å². The van der Waals surface area contributed by atoms with E-state index in [2.05, 4.69) is 23.8 Å². The van der Waals surface area contributed by atoms with Gasteiger partial charge in [-0.05, 0) is 49.1 Å². The van der Waals surface area contributed by atoms with Crippen LogP contribution in [0.4, 0.5) is 4.39 Å². The number of aromatic nitrogens is 2. The molecule has 4 heteroatoms. The summed E-state index contributed by atoms with van der Waals surface area (Å²) in [7, 11) is 0. The Morgan fingerprint density at radius 3 is 2.63 bits per heavy atom. The highest BCUT2D eigenvalue weighted by atomic mass is 32.1. The molecule has 2 rings (SSSR count). The smallest absolute Gasteiger partial charge is 0.139 e. The Hall–Kier alpha value is -1.55. The maximum Gasteiger partial charge on any atom is 0.139 e. The van der Waals surface area contributed by atoms with Crippen molar-refractivity contribution in [3.8, 4) is 11.4 Å². The number of hydrogen-bond donors (Lipinski definition) is 1. The minimum atomic E-state index is -0.259. The van der Waals surface area contributed by atoms with E-state index in [1.165, 1.54) is 12.1 Å². The van der Waals surface area contributed by atoms with Gasteiger partial charge in [0, 0.05) is 11.3 Å². The zero-order valence-corrected chi connectivity index (χ0v) is 12.1. The van der Waals surface area contributed by atoms with Crippen LogP contribution in [0.25, 0.3) is 11.4 Å². The molecule has 0 bridgehead atoms. The van der Waals surface area contributed by atoms with Crippen LogP contribution in [0, 0.1) is 23.3 Å². The monoisotopic (exact) mass is 276 g/mol. The van der Waals surface area contributed by atoms with Crippen molar-refractivity contribution in [1.82, 2.24) is 9.97 Å². The molecule has 1 aromatic heterocycles. The second-order valence-corrected chi connectivity index (χ2v) is 5.63. The summed E-state index contributed by atoms with van der Waals surface area (Å²) in [5.74, 6) is 0.895. The lowest BCUT2D eigenvalue weighted by molar-refractivity contribution is 0.626. The summed E-state index contributed by atoms with van der Waals surface area (Å²) in [5, 5.41) is 0. The van der Waals surface area contributed by atoms with Gasteiger partial charge >= 0.3 is 0 Å². The molecular formula is C15H17FN2S. The van der Waals surface area contributed by atoms with Gasteiger partial charge in [-0.3, -0.25) is 0 Å². The van der Waals surface area contributed by atoms with Crippen LogP contribution in [0.15, 0.2) is 24.3 Å². The van der Waals surface area contributed by atoms with E-state index in [-0.39, 0.29) is 5.82 Å². The molecule has 2 aromatic rings.